The molecule has 0 bridgehead atoms. The number of hydrogen-bond donors (Lipinski definition) is 3. The Kier molecular flexibility index (Phi) is 66.9. The molecule has 1 amide bonds. The van der Waals surface area contributed by atoms with Crippen molar-refractivity contribution < 1.29 is 24.5 Å². The van der Waals surface area contributed by atoms with E-state index < -0.39 is 12.1 Å². The summed E-state index contributed by atoms with van der Waals surface area (Å²) in [5, 5.41) is 23.2. The monoisotopic (exact) mass is 1110 g/mol. The number of carbonyl (C=O) groups is 2. The van der Waals surface area contributed by atoms with Crippen molar-refractivity contribution in [3.05, 3.63) is 36.5 Å². The van der Waals surface area contributed by atoms with Crippen LogP contribution < -0.4 is 5.32 Å². The van der Waals surface area contributed by atoms with Crippen molar-refractivity contribution in [3.8, 4) is 0 Å². The maximum atomic E-state index is 12.5. The number of aliphatic hydroxyl groups excluding tert-OH is 2. The lowest BCUT2D eigenvalue weighted by molar-refractivity contribution is -0.143. The molecule has 0 aliphatic heterocycles. The molecule has 0 aromatic heterocycles. The summed E-state index contributed by atoms with van der Waals surface area (Å²) in [4.78, 5) is 24.6. The summed E-state index contributed by atoms with van der Waals surface area (Å²) in [5.74, 6) is -0.0516. The number of esters is 1. The molecule has 0 radical (unpaired) electrons. The van der Waals surface area contributed by atoms with Gasteiger partial charge in [0.1, 0.15) is 0 Å². The van der Waals surface area contributed by atoms with Crippen molar-refractivity contribution in [2.45, 2.75) is 405 Å². The molecule has 0 aromatic rings. The first-order valence-electron chi connectivity index (χ1n) is 35.8. The molecule has 3 N–H and O–H groups in total. The Balaban J connectivity index is 3.36. The van der Waals surface area contributed by atoms with Crippen LogP contribution in [0, 0.1) is 0 Å². The van der Waals surface area contributed by atoms with Gasteiger partial charge in [-0.3, -0.25) is 9.59 Å². The second kappa shape index (κ2) is 68.6. The first-order valence-corrected chi connectivity index (χ1v) is 35.8. The highest BCUT2D eigenvalue weighted by atomic mass is 16.5. The molecule has 0 saturated carbocycles. The standard InChI is InChI=1S/C73H139NO5/c1-3-5-7-9-11-13-15-17-19-21-35-39-43-47-51-55-59-63-67-73(78)79-68-64-60-56-52-48-44-40-36-32-30-28-26-24-22-23-25-27-29-31-34-38-42-46-50-54-58-62-66-72(77)74-70(69-75)71(76)65-61-57-53-49-45-41-37-33-20-18-16-14-12-10-8-6-4-2/h13,15,19,21,61,65,70-71,75-76H,3-12,14,16-18,20,22-60,62-64,66-69H2,1-2H3,(H,74,77)/b15-13-,21-19-,65-61+. The molecule has 0 rings (SSSR count). The van der Waals surface area contributed by atoms with Gasteiger partial charge < -0.3 is 20.3 Å². The molecule has 6 heteroatoms. The zero-order chi connectivity index (χ0) is 57.1. The number of unbranched alkanes of at least 4 members (excludes halogenated alkanes) is 52. The first-order chi connectivity index (χ1) is 39.0. The van der Waals surface area contributed by atoms with E-state index in [1.165, 1.54) is 315 Å². The lowest BCUT2D eigenvalue weighted by Crippen LogP contribution is -2.45. The minimum atomic E-state index is -0.843. The van der Waals surface area contributed by atoms with Crippen LogP contribution in [-0.2, 0) is 14.3 Å². The van der Waals surface area contributed by atoms with Crippen LogP contribution in [0.15, 0.2) is 36.5 Å². The van der Waals surface area contributed by atoms with Crippen molar-refractivity contribution in [2.75, 3.05) is 13.2 Å². The molecule has 2 unspecified atom stereocenters. The van der Waals surface area contributed by atoms with Crippen LogP contribution in [-0.4, -0.2) is 47.4 Å². The molecule has 0 fully saturated rings. The first kappa shape index (κ1) is 77.1. The van der Waals surface area contributed by atoms with Gasteiger partial charge in [0.15, 0.2) is 0 Å². The van der Waals surface area contributed by atoms with E-state index in [2.05, 4.69) is 43.5 Å². The molecule has 6 nitrogen and oxygen atoms in total. The second-order valence-electron chi connectivity index (χ2n) is 24.6. The van der Waals surface area contributed by atoms with Crippen LogP contribution in [0.5, 0.6) is 0 Å². The second-order valence-corrected chi connectivity index (χ2v) is 24.6. The Morgan fingerprint density at radius 1 is 0.354 bits per heavy atom. The van der Waals surface area contributed by atoms with E-state index in [1.54, 1.807) is 6.08 Å². The normalized spacial score (nSPS) is 12.7. The third kappa shape index (κ3) is 65.1. The third-order valence-electron chi connectivity index (χ3n) is 16.7. The molecule has 0 aromatic carbocycles. The van der Waals surface area contributed by atoms with E-state index in [0.29, 0.717) is 19.4 Å². The van der Waals surface area contributed by atoms with E-state index in [1.807, 2.05) is 6.08 Å². The summed E-state index contributed by atoms with van der Waals surface area (Å²) in [7, 11) is 0. The van der Waals surface area contributed by atoms with E-state index in [0.717, 1.165) is 51.4 Å². The summed E-state index contributed by atoms with van der Waals surface area (Å²) in [6.07, 6.45) is 87.9. The van der Waals surface area contributed by atoms with Crippen LogP contribution in [0.25, 0.3) is 0 Å². The highest BCUT2D eigenvalue weighted by Gasteiger charge is 2.18. The molecular weight excluding hydrogens is 971 g/mol. The molecule has 0 spiro atoms. The number of allylic oxidation sites excluding steroid dienone is 5. The van der Waals surface area contributed by atoms with Gasteiger partial charge in [0.25, 0.3) is 0 Å². The lowest BCUT2D eigenvalue weighted by atomic mass is 10.0. The number of nitrogens with one attached hydrogen (secondary N) is 1. The van der Waals surface area contributed by atoms with Gasteiger partial charge in [-0.1, -0.05) is 352 Å². The maximum Gasteiger partial charge on any atom is 0.305 e. The fourth-order valence-electron chi connectivity index (χ4n) is 11.2. The number of hydrogen-bond acceptors (Lipinski definition) is 5. The van der Waals surface area contributed by atoms with Gasteiger partial charge in [-0.15, -0.1) is 0 Å². The van der Waals surface area contributed by atoms with Gasteiger partial charge in [-0.05, 0) is 64.2 Å². The van der Waals surface area contributed by atoms with Gasteiger partial charge in [0, 0.05) is 12.8 Å². The molecule has 466 valence electrons. The highest BCUT2D eigenvalue weighted by Crippen LogP contribution is 2.19. The number of carbonyl (C=O) groups excluding carboxylic acids is 2. The van der Waals surface area contributed by atoms with Crippen LogP contribution in [0.4, 0.5) is 0 Å². The Labute approximate surface area is 494 Å². The average molecular weight is 1110 g/mol. The smallest absolute Gasteiger partial charge is 0.305 e. The van der Waals surface area contributed by atoms with E-state index in [9.17, 15) is 19.8 Å². The number of aliphatic hydroxyl groups is 2. The van der Waals surface area contributed by atoms with Crippen LogP contribution in [0.3, 0.4) is 0 Å². The largest absolute Gasteiger partial charge is 0.466 e. The van der Waals surface area contributed by atoms with Crippen molar-refractivity contribution in [1.29, 1.82) is 0 Å². The average Bonchev–Trinajstić information content (AvgIpc) is 3.45. The number of ether oxygens (including phenoxy) is 1. The molecular formula is C73H139NO5. The van der Waals surface area contributed by atoms with Gasteiger partial charge in [-0.25, -0.2) is 0 Å². The van der Waals surface area contributed by atoms with Gasteiger partial charge in [0.2, 0.25) is 5.91 Å². The topological polar surface area (TPSA) is 95.9 Å². The van der Waals surface area contributed by atoms with E-state index >= 15 is 0 Å². The number of amides is 1. The fourth-order valence-corrected chi connectivity index (χ4v) is 11.2. The summed E-state index contributed by atoms with van der Waals surface area (Å²) in [6, 6.07) is -0.626. The minimum Gasteiger partial charge on any atom is -0.466 e. The molecule has 0 aliphatic carbocycles. The quantitative estimate of drug-likeness (QED) is 0.0320. The van der Waals surface area contributed by atoms with Gasteiger partial charge in [-0.2, -0.15) is 0 Å². The van der Waals surface area contributed by atoms with Crippen molar-refractivity contribution in [3.63, 3.8) is 0 Å². The van der Waals surface area contributed by atoms with Crippen LogP contribution in [0.1, 0.15) is 393 Å². The predicted octanol–water partition coefficient (Wildman–Crippen LogP) is 23.1. The molecule has 79 heavy (non-hydrogen) atoms. The molecule has 0 saturated heterocycles. The van der Waals surface area contributed by atoms with Gasteiger partial charge in [0.05, 0.1) is 25.4 Å². The minimum absolute atomic E-state index is 0.0108. The van der Waals surface area contributed by atoms with Crippen LogP contribution in [0.2, 0.25) is 0 Å². The lowest BCUT2D eigenvalue weighted by Gasteiger charge is -2.20. The Morgan fingerprint density at radius 2 is 0.633 bits per heavy atom. The molecule has 2 atom stereocenters. The zero-order valence-corrected chi connectivity index (χ0v) is 53.4. The predicted molar refractivity (Wildman–Crippen MR) is 347 cm³/mol. The van der Waals surface area contributed by atoms with E-state index in [-0.39, 0.29) is 18.5 Å². The van der Waals surface area contributed by atoms with Crippen LogP contribution >= 0.6 is 0 Å². The van der Waals surface area contributed by atoms with E-state index in [4.69, 9.17) is 4.74 Å². The summed E-state index contributed by atoms with van der Waals surface area (Å²) in [5.41, 5.74) is 0. The van der Waals surface area contributed by atoms with Crippen molar-refractivity contribution >= 4 is 11.9 Å². The highest BCUT2D eigenvalue weighted by molar-refractivity contribution is 5.76. The molecule has 0 heterocycles. The Bertz CT molecular complexity index is 1280. The Hall–Kier alpha value is -1.92. The van der Waals surface area contributed by atoms with Crippen molar-refractivity contribution in [2.24, 2.45) is 0 Å². The number of rotatable bonds is 67. The third-order valence-corrected chi connectivity index (χ3v) is 16.7. The maximum absolute atomic E-state index is 12.5. The Morgan fingerprint density at radius 3 is 0.975 bits per heavy atom. The van der Waals surface area contributed by atoms with Gasteiger partial charge >= 0.3 is 5.97 Å². The summed E-state index contributed by atoms with van der Waals surface area (Å²) in [6.45, 7) is 4.92. The van der Waals surface area contributed by atoms with Crippen molar-refractivity contribution in [1.82, 2.24) is 5.32 Å². The summed E-state index contributed by atoms with van der Waals surface area (Å²) < 4.78 is 5.50. The summed E-state index contributed by atoms with van der Waals surface area (Å²) >= 11 is 0. The SMILES string of the molecule is CCCCCC/C=C\C/C=C\CCCCCCCCCC(=O)OCCCCCCCCCCCCCCCCCCCCCCCCCCCCCC(=O)NC(CO)C(O)/C=C/CCCCCCCCCCCCCCCCC. The molecule has 0 aliphatic rings. The zero-order valence-electron chi connectivity index (χ0n) is 53.4. The fraction of sp³-hybridized carbons (Fsp3) is 0.890.